The van der Waals surface area contributed by atoms with E-state index in [0.717, 1.165) is 21.6 Å². The van der Waals surface area contributed by atoms with Gasteiger partial charge in [0, 0.05) is 11.8 Å². The molecular weight excluding hydrogens is 268 g/mol. The minimum Gasteiger partial charge on any atom is -0.297 e. The van der Waals surface area contributed by atoms with Crippen LogP contribution in [0, 0.1) is 22.2 Å². The summed E-state index contributed by atoms with van der Waals surface area (Å²) in [6.45, 7) is 3.87. The summed E-state index contributed by atoms with van der Waals surface area (Å²) in [7, 11) is 0. The number of carbonyl (C=O) groups excluding carboxylic acids is 1. The second kappa shape index (κ2) is 4.39. The first-order valence-corrected chi connectivity index (χ1v) is 7.59. The number of rotatable bonds is 2. The fourth-order valence-electron chi connectivity index (χ4n) is 2.97. The smallest absolute Gasteiger partial charge is 0.159 e. The molecule has 4 heteroatoms. The van der Waals surface area contributed by atoms with E-state index in [1.807, 2.05) is 38.1 Å². The molecular formula is C16H16N2OS. The van der Waals surface area contributed by atoms with Crippen LogP contribution in [0.3, 0.4) is 0 Å². The topological polar surface area (TPSA) is 53.8 Å². The number of carbonyl (C=O) groups is 1. The van der Waals surface area contributed by atoms with Gasteiger partial charge in [-0.15, -0.1) is 11.3 Å². The molecule has 2 aromatic rings. The lowest BCUT2D eigenvalue weighted by atomic mass is 9.79. The number of Topliss-reactive ketones (excluding diaryl/α,β-unsaturated/α-hetero) is 1. The van der Waals surface area contributed by atoms with Crippen molar-refractivity contribution in [2.45, 2.75) is 33.1 Å². The Hall–Kier alpha value is -1.73. The van der Waals surface area contributed by atoms with E-state index in [9.17, 15) is 10.1 Å². The van der Waals surface area contributed by atoms with Gasteiger partial charge in [-0.3, -0.25) is 4.79 Å². The molecule has 1 heterocycles. The standard InChI is InChI=1S/C16H16N2OS/c1-15(2)7-8-16(10-17,14(15)19)9-13-18-11-5-3-4-6-12(11)20-13/h3-6H,7-9H2,1-2H3. The van der Waals surface area contributed by atoms with Crippen molar-refractivity contribution >= 4 is 27.3 Å². The van der Waals surface area contributed by atoms with Crippen LogP contribution >= 0.6 is 11.3 Å². The molecule has 1 atom stereocenters. The van der Waals surface area contributed by atoms with Crippen molar-refractivity contribution in [1.82, 2.24) is 4.98 Å². The van der Waals surface area contributed by atoms with Gasteiger partial charge >= 0.3 is 0 Å². The van der Waals surface area contributed by atoms with Crippen LogP contribution in [0.1, 0.15) is 31.7 Å². The van der Waals surface area contributed by atoms with Gasteiger partial charge in [0.15, 0.2) is 5.78 Å². The Kier molecular flexibility index (Phi) is 2.91. The first-order chi connectivity index (χ1) is 9.47. The van der Waals surface area contributed by atoms with E-state index >= 15 is 0 Å². The number of nitriles is 1. The lowest BCUT2D eigenvalue weighted by Crippen LogP contribution is -2.33. The van der Waals surface area contributed by atoms with E-state index in [1.54, 1.807) is 11.3 Å². The summed E-state index contributed by atoms with van der Waals surface area (Å²) in [5.74, 6) is 0.0757. The Morgan fingerprint density at radius 3 is 2.70 bits per heavy atom. The molecule has 0 spiro atoms. The molecule has 0 bridgehead atoms. The normalized spacial score (nSPS) is 24.9. The van der Waals surface area contributed by atoms with E-state index < -0.39 is 5.41 Å². The van der Waals surface area contributed by atoms with E-state index in [2.05, 4.69) is 11.1 Å². The number of para-hydroxylation sites is 1. The molecule has 1 unspecified atom stereocenters. The molecule has 1 aliphatic carbocycles. The van der Waals surface area contributed by atoms with Crippen LogP contribution < -0.4 is 0 Å². The lowest BCUT2D eigenvalue weighted by molar-refractivity contribution is -0.130. The summed E-state index contributed by atoms with van der Waals surface area (Å²) in [5.41, 5.74) is -0.311. The van der Waals surface area contributed by atoms with Crippen LogP contribution in [0.2, 0.25) is 0 Å². The van der Waals surface area contributed by atoms with Gasteiger partial charge in [-0.1, -0.05) is 26.0 Å². The van der Waals surface area contributed by atoms with Gasteiger partial charge in [0.05, 0.1) is 21.3 Å². The minimum atomic E-state index is -0.878. The van der Waals surface area contributed by atoms with Crippen molar-refractivity contribution in [1.29, 1.82) is 5.26 Å². The molecule has 1 aromatic heterocycles. The third kappa shape index (κ3) is 1.94. The summed E-state index contributed by atoms with van der Waals surface area (Å²) in [6.07, 6.45) is 1.88. The largest absolute Gasteiger partial charge is 0.297 e. The number of nitrogens with zero attached hydrogens (tertiary/aromatic N) is 2. The summed E-state index contributed by atoms with van der Waals surface area (Å²) in [4.78, 5) is 17.1. The SMILES string of the molecule is CC1(C)CCC(C#N)(Cc2nc3ccccc3s2)C1=O. The number of hydrogen-bond donors (Lipinski definition) is 0. The Labute approximate surface area is 122 Å². The molecule has 0 amide bonds. The van der Waals surface area contributed by atoms with Crippen molar-refractivity contribution in [3.8, 4) is 6.07 Å². The van der Waals surface area contributed by atoms with Gasteiger partial charge in [-0.2, -0.15) is 5.26 Å². The highest BCUT2D eigenvalue weighted by Gasteiger charge is 2.52. The Balaban J connectivity index is 1.97. The fourth-order valence-corrected chi connectivity index (χ4v) is 4.05. The second-order valence-electron chi connectivity index (χ2n) is 6.16. The zero-order valence-corrected chi connectivity index (χ0v) is 12.5. The number of ketones is 1. The van der Waals surface area contributed by atoms with Crippen LogP contribution in [0.5, 0.6) is 0 Å². The summed E-state index contributed by atoms with van der Waals surface area (Å²) in [5, 5.41) is 10.4. The third-order valence-corrected chi connectivity index (χ3v) is 5.27. The van der Waals surface area contributed by atoms with Crippen LogP contribution in [-0.2, 0) is 11.2 Å². The van der Waals surface area contributed by atoms with Crippen molar-refractivity contribution in [2.75, 3.05) is 0 Å². The van der Waals surface area contributed by atoms with E-state index in [-0.39, 0.29) is 11.2 Å². The zero-order chi connectivity index (χ0) is 14.4. The van der Waals surface area contributed by atoms with Gasteiger partial charge in [-0.05, 0) is 25.0 Å². The minimum absolute atomic E-state index is 0.0757. The number of benzene rings is 1. The van der Waals surface area contributed by atoms with Crippen LogP contribution in [0.4, 0.5) is 0 Å². The molecule has 0 saturated heterocycles. The lowest BCUT2D eigenvalue weighted by Gasteiger charge is -2.21. The summed E-state index contributed by atoms with van der Waals surface area (Å²) >= 11 is 1.59. The molecule has 1 aromatic carbocycles. The van der Waals surface area contributed by atoms with Crippen LogP contribution in [0.15, 0.2) is 24.3 Å². The quantitative estimate of drug-likeness (QED) is 0.844. The summed E-state index contributed by atoms with van der Waals surface area (Å²) < 4.78 is 1.11. The number of thiazole rings is 1. The molecule has 1 fully saturated rings. The predicted octanol–water partition coefficient (Wildman–Crippen LogP) is 3.74. The zero-order valence-electron chi connectivity index (χ0n) is 11.6. The maximum atomic E-state index is 12.6. The molecule has 1 saturated carbocycles. The van der Waals surface area contributed by atoms with Crippen molar-refractivity contribution < 1.29 is 4.79 Å². The second-order valence-corrected chi connectivity index (χ2v) is 7.27. The van der Waals surface area contributed by atoms with E-state index in [4.69, 9.17) is 0 Å². The molecule has 3 rings (SSSR count). The highest BCUT2D eigenvalue weighted by Crippen LogP contribution is 2.47. The maximum absolute atomic E-state index is 12.6. The number of fused-ring (bicyclic) bond motifs is 1. The molecule has 102 valence electrons. The molecule has 20 heavy (non-hydrogen) atoms. The average molecular weight is 284 g/mol. The predicted molar refractivity (Wildman–Crippen MR) is 79.4 cm³/mol. The Morgan fingerprint density at radius 1 is 1.35 bits per heavy atom. The van der Waals surface area contributed by atoms with Crippen LogP contribution in [0.25, 0.3) is 10.2 Å². The fraction of sp³-hybridized carbons (Fsp3) is 0.438. The number of hydrogen-bond acceptors (Lipinski definition) is 4. The molecule has 0 N–H and O–H groups in total. The first-order valence-electron chi connectivity index (χ1n) is 6.77. The Morgan fingerprint density at radius 2 is 2.10 bits per heavy atom. The van der Waals surface area contributed by atoms with E-state index in [0.29, 0.717) is 12.8 Å². The summed E-state index contributed by atoms with van der Waals surface area (Å²) in [6, 6.07) is 10.2. The monoisotopic (exact) mass is 284 g/mol. The highest BCUT2D eigenvalue weighted by atomic mass is 32.1. The van der Waals surface area contributed by atoms with Crippen molar-refractivity contribution in [2.24, 2.45) is 10.8 Å². The third-order valence-electron chi connectivity index (χ3n) is 4.23. The Bertz CT molecular complexity index is 692. The molecule has 0 radical (unpaired) electrons. The van der Waals surface area contributed by atoms with Gasteiger partial charge < -0.3 is 0 Å². The van der Waals surface area contributed by atoms with Crippen molar-refractivity contribution in [3.05, 3.63) is 29.3 Å². The van der Waals surface area contributed by atoms with E-state index in [1.165, 1.54) is 0 Å². The molecule has 3 nitrogen and oxygen atoms in total. The van der Waals surface area contributed by atoms with Crippen molar-refractivity contribution in [3.63, 3.8) is 0 Å². The van der Waals surface area contributed by atoms with Gasteiger partial charge in [0.2, 0.25) is 0 Å². The van der Waals surface area contributed by atoms with Gasteiger partial charge in [0.25, 0.3) is 0 Å². The van der Waals surface area contributed by atoms with Crippen LogP contribution in [-0.4, -0.2) is 10.8 Å². The van der Waals surface area contributed by atoms with Gasteiger partial charge in [-0.25, -0.2) is 4.98 Å². The molecule has 1 aliphatic rings. The number of aromatic nitrogens is 1. The highest BCUT2D eigenvalue weighted by molar-refractivity contribution is 7.18. The van der Waals surface area contributed by atoms with Gasteiger partial charge in [0.1, 0.15) is 5.41 Å². The average Bonchev–Trinajstić information content (AvgIpc) is 2.93. The maximum Gasteiger partial charge on any atom is 0.159 e. The molecule has 0 aliphatic heterocycles. The first kappa shape index (κ1) is 13.3.